The normalized spacial score (nSPS) is 25.7. The van der Waals surface area contributed by atoms with Crippen LogP contribution >= 0.6 is 0 Å². The number of rotatable bonds is 2. The zero-order valence-electron chi connectivity index (χ0n) is 9.88. The van der Waals surface area contributed by atoms with Gasteiger partial charge in [-0.05, 0) is 12.8 Å². The summed E-state index contributed by atoms with van der Waals surface area (Å²) in [5.41, 5.74) is -0.0669. The van der Waals surface area contributed by atoms with Crippen molar-refractivity contribution in [1.82, 2.24) is 10.2 Å². The summed E-state index contributed by atoms with van der Waals surface area (Å²) in [5, 5.41) is 3.22. The van der Waals surface area contributed by atoms with E-state index in [0.29, 0.717) is 11.9 Å². The molecule has 1 amide bonds. The molecular weight excluding hydrogens is 188 g/mol. The lowest BCUT2D eigenvalue weighted by Crippen LogP contribution is -2.59. The number of carbonyl (C=O) groups excluding carboxylic acids is 1. The van der Waals surface area contributed by atoms with Gasteiger partial charge in [-0.3, -0.25) is 4.79 Å². The summed E-state index contributed by atoms with van der Waals surface area (Å²) < 4.78 is 0. The average Bonchev–Trinajstić information content (AvgIpc) is 2.15. The highest BCUT2D eigenvalue weighted by atomic mass is 16.2. The van der Waals surface area contributed by atoms with Gasteiger partial charge in [0.1, 0.15) is 0 Å². The van der Waals surface area contributed by atoms with Crippen LogP contribution in [0.1, 0.15) is 39.0 Å². The van der Waals surface area contributed by atoms with E-state index >= 15 is 0 Å². The summed E-state index contributed by atoms with van der Waals surface area (Å²) in [6, 6.07) is 0.441. The first-order valence-electron chi connectivity index (χ1n) is 6.11. The van der Waals surface area contributed by atoms with Gasteiger partial charge in [0.2, 0.25) is 5.91 Å². The number of carbonyl (C=O) groups is 1. The van der Waals surface area contributed by atoms with Crippen LogP contribution in [0.4, 0.5) is 0 Å². The molecule has 15 heavy (non-hydrogen) atoms. The third-order valence-corrected chi connectivity index (χ3v) is 4.10. The van der Waals surface area contributed by atoms with Crippen molar-refractivity contribution < 1.29 is 4.79 Å². The predicted molar refractivity (Wildman–Crippen MR) is 60.6 cm³/mol. The van der Waals surface area contributed by atoms with Crippen molar-refractivity contribution in [3.05, 3.63) is 0 Å². The second kappa shape index (κ2) is 4.12. The lowest BCUT2D eigenvalue weighted by molar-refractivity contribution is -0.144. The fourth-order valence-corrected chi connectivity index (χ4v) is 2.68. The number of nitrogens with one attached hydrogen (secondary N) is 1. The van der Waals surface area contributed by atoms with E-state index in [0.717, 1.165) is 25.9 Å². The maximum Gasteiger partial charge on any atom is 0.228 e. The van der Waals surface area contributed by atoms with E-state index in [1.165, 1.54) is 19.3 Å². The molecule has 2 aliphatic rings. The van der Waals surface area contributed by atoms with Crippen molar-refractivity contribution in [1.29, 1.82) is 0 Å². The fourth-order valence-electron chi connectivity index (χ4n) is 2.68. The minimum absolute atomic E-state index is 0.0669. The van der Waals surface area contributed by atoms with Crippen LogP contribution in [0.15, 0.2) is 0 Å². The maximum absolute atomic E-state index is 12.4. The van der Waals surface area contributed by atoms with Crippen LogP contribution in [-0.4, -0.2) is 37.0 Å². The van der Waals surface area contributed by atoms with Crippen molar-refractivity contribution in [3.63, 3.8) is 0 Å². The smallest absolute Gasteiger partial charge is 0.228 e. The van der Waals surface area contributed by atoms with Crippen LogP contribution in [-0.2, 0) is 4.79 Å². The third kappa shape index (κ3) is 2.03. The highest BCUT2D eigenvalue weighted by molar-refractivity contribution is 5.82. The minimum atomic E-state index is -0.0669. The average molecular weight is 210 g/mol. The van der Waals surface area contributed by atoms with E-state index in [-0.39, 0.29) is 5.41 Å². The predicted octanol–water partition coefficient (Wildman–Crippen LogP) is 1.39. The van der Waals surface area contributed by atoms with E-state index in [1.807, 2.05) is 11.9 Å². The summed E-state index contributed by atoms with van der Waals surface area (Å²) in [6.45, 7) is 4.09. The number of likely N-dealkylation sites (N-methyl/N-ethyl adjacent to an activating group) is 1. The monoisotopic (exact) mass is 210 g/mol. The van der Waals surface area contributed by atoms with Crippen LogP contribution in [0, 0.1) is 5.41 Å². The molecule has 0 aromatic carbocycles. The Kier molecular flexibility index (Phi) is 3.01. The Labute approximate surface area is 92.2 Å². The molecule has 1 aliphatic carbocycles. The Morgan fingerprint density at radius 3 is 2.33 bits per heavy atom. The van der Waals surface area contributed by atoms with Crippen LogP contribution < -0.4 is 5.32 Å². The van der Waals surface area contributed by atoms with Crippen LogP contribution in [0.2, 0.25) is 0 Å². The second-order valence-corrected chi connectivity index (χ2v) is 5.35. The summed E-state index contributed by atoms with van der Waals surface area (Å²) >= 11 is 0. The van der Waals surface area contributed by atoms with Crippen molar-refractivity contribution >= 4 is 5.91 Å². The molecule has 2 rings (SSSR count). The van der Waals surface area contributed by atoms with Gasteiger partial charge in [0.05, 0.1) is 6.04 Å². The van der Waals surface area contributed by atoms with Gasteiger partial charge in [0.15, 0.2) is 0 Å². The summed E-state index contributed by atoms with van der Waals surface area (Å²) in [6.07, 6.45) is 5.90. The van der Waals surface area contributed by atoms with E-state index < -0.39 is 0 Å². The Morgan fingerprint density at radius 1 is 1.27 bits per heavy atom. The van der Waals surface area contributed by atoms with Crippen molar-refractivity contribution in [2.45, 2.75) is 45.1 Å². The molecule has 86 valence electrons. The molecule has 3 nitrogen and oxygen atoms in total. The molecule has 0 aromatic rings. The Balaban J connectivity index is 1.98. The summed E-state index contributed by atoms with van der Waals surface area (Å²) in [5.74, 6) is 0.369. The molecule has 0 unspecified atom stereocenters. The van der Waals surface area contributed by atoms with Gasteiger partial charge in [-0.2, -0.15) is 0 Å². The molecule has 0 radical (unpaired) electrons. The van der Waals surface area contributed by atoms with Gasteiger partial charge in [-0.15, -0.1) is 0 Å². The third-order valence-electron chi connectivity index (χ3n) is 4.10. The minimum Gasteiger partial charge on any atom is -0.340 e. The van der Waals surface area contributed by atoms with E-state index in [4.69, 9.17) is 0 Å². The lowest BCUT2D eigenvalue weighted by Gasteiger charge is -2.42. The highest BCUT2D eigenvalue weighted by Gasteiger charge is 2.39. The Hall–Kier alpha value is -0.570. The first-order valence-corrected chi connectivity index (χ1v) is 6.11. The zero-order valence-corrected chi connectivity index (χ0v) is 9.88. The molecule has 0 spiro atoms. The summed E-state index contributed by atoms with van der Waals surface area (Å²) in [7, 11) is 1.97. The number of hydrogen-bond acceptors (Lipinski definition) is 2. The Bertz CT molecular complexity index is 242. The first-order chi connectivity index (χ1) is 7.13. The van der Waals surface area contributed by atoms with Crippen molar-refractivity contribution in [2.24, 2.45) is 5.41 Å². The molecular formula is C12H22N2O. The van der Waals surface area contributed by atoms with E-state index in [9.17, 15) is 4.79 Å². The van der Waals surface area contributed by atoms with E-state index in [2.05, 4.69) is 12.2 Å². The van der Waals surface area contributed by atoms with Gasteiger partial charge in [-0.1, -0.05) is 26.2 Å². The molecule has 0 bridgehead atoms. The molecule has 1 aliphatic heterocycles. The van der Waals surface area contributed by atoms with Crippen LogP contribution in [0.25, 0.3) is 0 Å². The second-order valence-electron chi connectivity index (χ2n) is 5.35. The van der Waals surface area contributed by atoms with Crippen molar-refractivity contribution in [3.8, 4) is 0 Å². The quantitative estimate of drug-likeness (QED) is 0.747. The molecule has 2 fully saturated rings. The number of hydrogen-bond donors (Lipinski definition) is 1. The van der Waals surface area contributed by atoms with Gasteiger partial charge < -0.3 is 10.2 Å². The standard InChI is InChI=1S/C12H22N2O/c1-12(6-4-3-5-7-12)11(15)14(2)10-8-13-9-10/h10,13H,3-9H2,1-2H3. The SMILES string of the molecule is CN(C(=O)C1(C)CCCCC1)C1CNC1. The largest absolute Gasteiger partial charge is 0.340 e. The summed E-state index contributed by atoms with van der Waals surface area (Å²) in [4.78, 5) is 14.3. The van der Waals surface area contributed by atoms with Crippen LogP contribution in [0.3, 0.4) is 0 Å². The van der Waals surface area contributed by atoms with Crippen LogP contribution in [0.5, 0.6) is 0 Å². The lowest BCUT2D eigenvalue weighted by atomic mass is 9.74. The van der Waals surface area contributed by atoms with Gasteiger partial charge in [-0.25, -0.2) is 0 Å². The molecule has 0 aromatic heterocycles. The molecule has 1 saturated carbocycles. The molecule has 1 N–H and O–H groups in total. The fraction of sp³-hybridized carbons (Fsp3) is 0.917. The molecule has 1 saturated heterocycles. The number of amides is 1. The highest BCUT2D eigenvalue weighted by Crippen LogP contribution is 2.37. The van der Waals surface area contributed by atoms with Gasteiger partial charge in [0.25, 0.3) is 0 Å². The molecule has 0 atom stereocenters. The first kappa shape index (κ1) is 10.9. The topological polar surface area (TPSA) is 32.3 Å². The van der Waals surface area contributed by atoms with Gasteiger partial charge >= 0.3 is 0 Å². The molecule has 3 heteroatoms. The maximum atomic E-state index is 12.4. The Morgan fingerprint density at radius 2 is 1.87 bits per heavy atom. The van der Waals surface area contributed by atoms with E-state index in [1.54, 1.807) is 0 Å². The van der Waals surface area contributed by atoms with Gasteiger partial charge in [0, 0.05) is 25.6 Å². The number of nitrogens with zero attached hydrogens (tertiary/aromatic N) is 1. The zero-order chi connectivity index (χ0) is 10.9. The van der Waals surface area contributed by atoms with Crippen molar-refractivity contribution in [2.75, 3.05) is 20.1 Å². The molecule has 1 heterocycles.